The van der Waals surface area contributed by atoms with Crippen LogP contribution in [0.3, 0.4) is 0 Å². The topological polar surface area (TPSA) is 74.6 Å². The van der Waals surface area contributed by atoms with Crippen LogP contribution < -0.4 is 0 Å². The number of hydrogen-bond acceptors (Lipinski definition) is 2. The van der Waals surface area contributed by atoms with Gasteiger partial charge >= 0.3 is 47.5 Å². The van der Waals surface area contributed by atoms with E-state index in [0.717, 1.165) is 0 Å². The summed E-state index contributed by atoms with van der Waals surface area (Å²) >= 11 is 0. The zero-order valence-electron chi connectivity index (χ0n) is 16.9. The van der Waals surface area contributed by atoms with Gasteiger partial charge in [-0.15, -0.1) is 0 Å². The van der Waals surface area contributed by atoms with E-state index >= 15 is 0 Å². The van der Waals surface area contributed by atoms with Crippen LogP contribution in [0.2, 0.25) is 0 Å². The van der Waals surface area contributed by atoms with Gasteiger partial charge in [0.2, 0.25) is 0 Å². The fourth-order valence-corrected chi connectivity index (χ4v) is 2.80. The number of alkyl halides is 12. The highest BCUT2D eigenvalue weighted by Gasteiger charge is 2.90. The lowest BCUT2D eigenvalue weighted by Crippen LogP contribution is -2.69. The Labute approximate surface area is 191 Å². The van der Waals surface area contributed by atoms with Gasteiger partial charge in [0.15, 0.2) is 0 Å². The van der Waals surface area contributed by atoms with Gasteiger partial charge in [-0.3, -0.25) is 0 Å². The smallest absolute Gasteiger partial charge is 0.385 e. The Hall–Kier alpha value is -3.46. The third-order valence-electron chi connectivity index (χ3n) is 4.96. The third-order valence-corrected chi connectivity index (χ3v) is 4.96. The number of carbonyl (C=O) groups is 2. The molecule has 0 unspecified atom stereocenters. The summed E-state index contributed by atoms with van der Waals surface area (Å²) in [4.78, 5) is 21.4. The second-order valence-corrected chi connectivity index (χ2v) is 7.21. The molecule has 0 aliphatic heterocycles. The highest BCUT2D eigenvalue weighted by molar-refractivity contribution is 5.88. The number of aromatic carboxylic acids is 2. The van der Waals surface area contributed by atoms with E-state index < -0.39 is 69.7 Å². The molecular weight excluding hydrogens is 532 g/mol. The Morgan fingerprint density at radius 1 is 0.444 bits per heavy atom. The van der Waals surface area contributed by atoms with Gasteiger partial charge < -0.3 is 10.2 Å². The van der Waals surface area contributed by atoms with Gasteiger partial charge in [0, 0.05) is 11.1 Å². The Morgan fingerprint density at radius 3 is 0.861 bits per heavy atom. The molecule has 0 aliphatic rings. The molecule has 2 N–H and O–H groups in total. The molecule has 36 heavy (non-hydrogen) atoms. The van der Waals surface area contributed by atoms with Gasteiger partial charge in [0.25, 0.3) is 0 Å². The zero-order chi connectivity index (χ0) is 28.1. The molecule has 16 heteroatoms. The molecule has 0 saturated carbocycles. The van der Waals surface area contributed by atoms with Gasteiger partial charge in [-0.25, -0.2) is 9.59 Å². The summed E-state index contributed by atoms with van der Waals surface area (Å²) in [5.41, 5.74) is -6.11. The Bertz CT molecular complexity index is 1050. The SMILES string of the molecule is O=C(O)c1ccc(C(F)(F)C(F)(F)C(F)(F)C(F)(F)C(F)(F)C(F)(F)c2ccc(C(=O)O)cc2)cc1. The quantitative estimate of drug-likeness (QED) is 0.355. The van der Waals surface area contributed by atoms with Crippen molar-refractivity contribution >= 4 is 11.9 Å². The molecule has 2 aromatic carbocycles. The maximum Gasteiger partial charge on any atom is 0.385 e. The Balaban J connectivity index is 2.58. The molecule has 0 atom stereocenters. The summed E-state index contributed by atoms with van der Waals surface area (Å²) in [6.45, 7) is 0. The first-order valence-corrected chi connectivity index (χ1v) is 9.02. The highest BCUT2D eigenvalue weighted by atomic mass is 19.4. The molecule has 0 aliphatic carbocycles. The monoisotopic (exact) mass is 542 g/mol. The van der Waals surface area contributed by atoms with Crippen molar-refractivity contribution in [3.63, 3.8) is 0 Å². The largest absolute Gasteiger partial charge is 0.478 e. The van der Waals surface area contributed by atoms with Crippen LogP contribution >= 0.6 is 0 Å². The maximum absolute atomic E-state index is 14.2. The summed E-state index contributed by atoms with van der Waals surface area (Å²) in [5, 5.41) is 17.3. The van der Waals surface area contributed by atoms with Gasteiger partial charge in [0.05, 0.1) is 11.1 Å². The van der Waals surface area contributed by atoms with Gasteiger partial charge in [-0.1, -0.05) is 24.3 Å². The average molecular weight is 542 g/mol. The van der Waals surface area contributed by atoms with Gasteiger partial charge in [0.1, 0.15) is 0 Å². The number of carboxylic acids is 2. The second kappa shape index (κ2) is 8.58. The molecule has 0 saturated heterocycles. The van der Waals surface area contributed by atoms with Gasteiger partial charge in [-0.2, -0.15) is 52.7 Å². The van der Waals surface area contributed by atoms with E-state index in [0.29, 0.717) is 0 Å². The van der Waals surface area contributed by atoms with E-state index in [4.69, 9.17) is 10.2 Å². The van der Waals surface area contributed by atoms with Crippen LogP contribution in [0.15, 0.2) is 48.5 Å². The van der Waals surface area contributed by atoms with Crippen LogP contribution in [-0.2, 0) is 11.8 Å². The van der Waals surface area contributed by atoms with E-state index in [9.17, 15) is 62.3 Å². The van der Waals surface area contributed by atoms with E-state index in [-0.39, 0.29) is 48.5 Å². The van der Waals surface area contributed by atoms with Crippen LogP contribution in [0.4, 0.5) is 52.7 Å². The number of halogens is 12. The predicted molar refractivity (Wildman–Crippen MR) is 94.4 cm³/mol. The summed E-state index contributed by atoms with van der Waals surface area (Å²) in [6.07, 6.45) is 0. The Morgan fingerprint density at radius 2 is 0.667 bits per heavy atom. The second-order valence-electron chi connectivity index (χ2n) is 7.21. The average Bonchev–Trinajstić information content (AvgIpc) is 2.78. The summed E-state index contributed by atoms with van der Waals surface area (Å²) in [5.74, 6) is -46.9. The van der Waals surface area contributed by atoms with Crippen molar-refractivity contribution in [3.8, 4) is 0 Å². The van der Waals surface area contributed by atoms with Crippen LogP contribution in [0, 0.1) is 0 Å². The third kappa shape index (κ3) is 4.01. The molecule has 0 fully saturated rings. The molecule has 2 aromatic rings. The molecule has 0 amide bonds. The number of carboxylic acid groups (broad SMARTS) is 2. The Kier molecular flexibility index (Phi) is 6.86. The molecule has 198 valence electrons. The molecule has 0 bridgehead atoms. The van der Waals surface area contributed by atoms with Crippen LogP contribution in [0.25, 0.3) is 0 Å². The van der Waals surface area contributed by atoms with Crippen LogP contribution in [0.1, 0.15) is 31.8 Å². The molecule has 0 aromatic heterocycles. The van der Waals surface area contributed by atoms with E-state index in [2.05, 4.69) is 0 Å². The van der Waals surface area contributed by atoms with Crippen molar-refractivity contribution in [2.24, 2.45) is 0 Å². The summed E-state index contributed by atoms with van der Waals surface area (Å²) < 4.78 is 170. The first kappa shape index (κ1) is 28.8. The first-order valence-electron chi connectivity index (χ1n) is 9.02. The number of hydrogen-bond donors (Lipinski definition) is 2. The molecular formula is C20H10F12O4. The molecule has 4 nitrogen and oxygen atoms in total. The predicted octanol–water partition coefficient (Wildman–Crippen LogP) is 6.51. The van der Waals surface area contributed by atoms with Crippen molar-refractivity contribution in [1.29, 1.82) is 0 Å². The molecule has 0 radical (unpaired) electrons. The van der Waals surface area contributed by atoms with Gasteiger partial charge in [-0.05, 0) is 24.3 Å². The van der Waals surface area contributed by atoms with Crippen LogP contribution in [-0.4, -0.2) is 45.8 Å². The van der Waals surface area contributed by atoms with E-state index in [1.807, 2.05) is 0 Å². The van der Waals surface area contributed by atoms with E-state index in [1.165, 1.54) is 0 Å². The molecule has 0 heterocycles. The van der Waals surface area contributed by atoms with Crippen LogP contribution in [0.5, 0.6) is 0 Å². The highest BCUT2D eigenvalue weighted by Crippen LogP contribution is 2.63. The molecule has 0 spiro atoms. The van der Waals surface area contributed by atoms with Crippen molar-refractivity contribution < 1.29 is 72.5 Å². The standard InChI is InChI=1S/C20H10F12O4/c21-15(22,11-5-1-9(2-6-11)13(33)34)17(25,26)19(29,30)20(31,32)18(27,28)16(23,24)12-7-3-10(4-8-12)14(35)36/h1-8H,(H,33,34)(H,35,36). The van der Waals surface area contributed by atoms with Crippen molar-refractivity contribution in [3.05, 3.63) is 70.8 Å². The minimum absolute atomic E-state index is 0.182. The van der Waals surface area contributed by atoms with E-state index in [1.54, 1.807) is 0 Å². The zero-order valence-corrected chi connectivity index (χ0v) is 16.9. The van der Waals surface area contributed by atoms with Crippen molar-refractivity contribution in [1.82, 2.24) is 0 Å². The normalized spacial score (nSPS) is 14.0. The first-order chi connectivity index (χ1) is 16.1. The fourth-order valence-electron chi connectivity index (χ4n) is 2.80. The van der Waals surface area contributed by atoms with Crippen molar-refractivity contribution in [2.75, 3.05) is 0 Å². The minimum Gasteiger partial charge on any atom is -0.478 e. The summed E-state index contributed by atoms with van der Waals surface area (Å²) in [7, 11) is 0. The fraction of sp³-hybridized carbons (Fsp3) is 0.300. The number of rotatable bonds is 9. The maximum atomic E-state index is 14.2. The van der Waals surface area contributed by atoms with Crippen molar-refractivity contribution in [2.45, 2.75) is 35.5 Å². The molecule has 2 rings (SSSR count). The summed E-state index contributed by atoms with van der Waals surface area (Å²) in [6, 6.07) is -0.0404. The lowest BCUT2D eigenvalue weighted by molar-refractivity contribution is -0.429. The number of benzene rings is 2. The minimum atomic E-state index is -7.83. The lowest BCUT2D eigenvalue weighted by Gasteiger charge is -2.41. The lowest BCUT2D eigenvalue weighted by atomic mass is 9.87.